The average Bonchev–Trinajstić information content (AvgIpc) is 3.02. The lowest BCUT2D eigenvalue weighted by Gasteiger charge is -2.04. The number of rotatable bonds is 6. The van der Waals surface area contributed by atoms with Crippen LogP contribution in [0.15, 0.2) is 6.20 Å². The molecule has 2 heterocycles. The van der Waals surface area contributed by atoms with Gasteiger partial charge in [-0.15, -0.1) is 0 Å². The van der Waals surface area contributed by atoms with Gasteiger partial charge in [0.25, 0.3) is 5.91 Å². The van der Waals surface area contributed by atoms with Crippen molar-refractivity contribution in [1.82, 2.24) is 20.0 Å². The highest BCUT2D eigenvalue weighted by Gasteiger charge is 2.17. The van der Waals surface area contributed by atoms with Crippen molar-refractivity contribution in [2.75, 3.05) is 5.32 Å². The predicted molar refractivity (Wildman–Crippen MR) is 82.6 cm³/mol. The molecule has 0 saturated carbocycles. The molecule has 0 radical (unpaired) electrons. The molecule has 2 N–H and O–H groups in total. The largest absolute Gasteiger partial charge is 0.305 e. The quantitative estimate of drug-likeness (QED) is 0.858. The van der Waals surface area contributed by atoms with Gasteiger partial charge in [-0.25, -0.2) is 0 Å². The third kappa shape index (κ3) is 3.15. The van der Waals surface area contributed by atoms with Crippen molar-refractivity contribution in [2.24, 2.45) is 0 Å². The van der Waals surface area contributed by atoms with Crippen molar-refractivity contribution < 1.29 is 4.79 Å². The lowest BCUT2D eigenvalue weighted by atomic mass is 10.1. The first-order valence-electron chi connectivity index (χ1n) is 7.52. The Kier molecular flexibility index (Phi) is 4.77. The van der Waals surface area contributed by atoms with Crippen molar-refractivity contribution in [3.8, 4) is 0 Å². The van der Waals surface area contributed by atoms with Crippen LogP contribution in [-0.4, -0.2) is 25.9 Å². The molecule has 0 spiro atoms. The van der Waals surface area contributed by atoms with E-state index in [1.165, 1.54) is 0 Å². The number of aryl methyl sites for hydroxylation is 3. The maximum absolute atomic E-state index is 12.4. The zero-order chi connectivity index (χ0) is 15.4. The third-order valence-corrected chi connectivity index (χ3v) is 3.54. The molecule has 0 fully saturated rings. The molecule has 1 amide bonds. The second-order valence-electron chi connectivity index (χ2n) is 5.08. The van der Waals surface area contributed by atoms with Crippen LogP contribution < -0.4 is 5.32 Å². The average molecular weight is 289 g/mol. The Labute approximate surface area is 124 Å². The van der Waals surface area contributed by atoms with Gasteiger partial charge in [-0.1, -0.05) is 20.8 Å². The van der Waals surface area contributed by atoms with Gasteiger partial charge >= 0.3 is 0 Å². The lowest BCUT2D eigenvalue weighted by molar-refractivity contribution is 0.102. The highest BCUT2D eigenvalue weighted by Crippen LogP contribution is 2.19. The molecule has 0 aliphatic carbocycles. The molecular formula is C15H23N5O. The van der Waals surface area contributed by atoms with Crippen molar-refractivity contribution >= 4 is 11.7 Å². The topological polar surface area (TPSA) is 75.6 Å². The molecule has 0 unspecified atom stereocenters. The van der Waals surface area contributed by atoms with Crippen LogP contribution in [-0.2, 0) is 19.4 Å². The molecule has 114 valence electrons. The number of hydrogen-bond donors (Lipinski definition) is 2. The highest BCUT2D eigenvalue weighted by molar-refractivity contribution is 6.04. The Balaban J connectivity index is 2.20. The summed E-state index contributed by atoms with van der Waals surface area (Å²) < 4.78 is 1.81. The van der Waals surface area contributed by atoms with Crippen LogP contribution >= 0.6 is 0 Å². The summed E-state index contributed by atoms with van der Waals surface area (Å²) in [6, 6.07) is 0. The molecular weight excluding hydrogens is 266 g/mol. The number of aromatic amines is 1. The maximum Gasteiger partial charge on any atom is 0.260 e. The van der Waals surface area contributed by atoms with E-state index in [0.29, 0.717) is 11.4 Å². The Bertz CT molecular complexity index is 626. The van der Waals surface area contributed by atoms with Crippen LogP contribution in [0.3, 0.4) is 0 Å². The summed E-state index contributed by atoms with van der Waals surface area (Å²) >= 11 is 0. The van der Waals surface area contributed by atoms with E-state index in [0.717, 1.165) is 42.8 Å². The fourth-order valence-corrected chi connectivity index (χ4v) is 2.44. The number of nitrogens with zero attached hydrogens (tertiary/aromatic N) is 3. The lowest BCUT2D eigenvalue weighted by Crippen LogP contribution is -2.14. The van der Waals surface area contributed by atoms with Crippen LogP contribution in [0.1, 0.15) is 54.5 Å². The van der Waals surface area contributed by atoms with Gasteiger partial charge in [-0.05, 0) is 26.2 Å². The molecule has 2 aromatic heterocycles. The van der Waals surface area contributed by atoms with Crippen molar-refractivity contribution in [2.45, 2.75) is 53.5 Å². The standard InChI is InChI=1S/C15H23N5O/c1-5-8-20-9-12(10(4)19-20)15(21)16-14-11(6-2)13(7-3)17-18-14/h9H,5-8H2,1-4H3,(H2,16,17,18,21). The van der Waals surface area contributed by atoms with E-state index >= 15 is 0 Å². The normalized spacial score (nSPS) is 10.9. The Morgan fingerprint density at radius 3 is 2.71 bits per heavy atom. The van der Waals surface area contributed by atoms with Gasteiger partial charge in [-0.3, -0.25) is 14.6 Å². The first-order chi connectivity index (χ1) is 10.1. The van der Waals surface area contributed by atoms with Crippen LogP contribution in [0.4, 0.5) is 5.82 Å². The molecule has 0 atom stereocenters. The molecule has 2 aromatic rings. The maximum atomic E-state index is 12.4. The minimum absolute atomic E-state index is 0.154. The highest BCUT2D eigenvalue weighted by atomic mass is 16.1. The Morgan fingerprint density at radius 2 is 2.10 bits per heavy atom. The number of H-pyrrole nitrogens is 1. The third-order valence-electron chi connectivity index (χ3n) is 3.54. The molecule has 6 nitrogen and oxygen atoms in total. The fourth-order valence-electron chi connectivity index (χ4n) is 2.44. The molecule has 0 aliphatic rings. The molecule has 0 saturated heterocycles. The van der Waals surface area contributed by atoms with Gasteiger partial charge in [0.1, 0.15) is 0 Å². The minimum atomic E-state index is -0.154. The summed E-state index contributed by atoms with van der Waals surface area (Å²) in [6.07, 6.45) is 4.50. The zero-order valence-corrected chi connectivity index (χ0v) is 13.2. The number of anilines is 1. The molecule has 2 rings (SSSR count). The summed E-state index contributed by atoms with van der Waals surface area (Å²) in [4.78, 5) is 12.4. The number of carbonyl (C=O) groups is 1. The van der Waals surface area contributed by atoms with Crippen molar-refractivity contribution in [3.63, 3.8) is 0 Å². The SMILES string of the molecule is CCCn1cc(C(=O)Nc2n[nH]c(CC)c2CC)c(C)n1. The van der Waals surface area contributed by atoms with E-state index in [1.54, 1.807) is 6.20 Å². The van der Waals surface area contributed by atoms with Crippen LogP contribution in [0.25, 0.3) is 0 Å². The van der Waals surface area contributed by atoms with E-state index < -0.39 is 0 Å². The number of nitrogens with one attached hydrogen (secondary N) is 2. The molecule has 6 heteroatoms. The summed E-state index contributed by atoms with van der Waals surface area (Å²) in [5, 5.41) is 14.4. The first kappa shape index (κ1) is 15.3. The van der Waals surface area contributed by atoms with Gasteiger partial charge in [0.05, 0.1) is 11.3 Å². The Hall–Kier alpha value is -2.11. The van der Waals surface area contributed by atoms with Gasteiger partial charge in [0.15, 0.2) is 5.82 Å². The number of carbonyl (C=O) groups excluding carboxylic acids is 1. The summed E-state index contributed by atoms with van der Waals surface area (Å²) in [6.45, 7) is 8.88. The predicted octanol–water partition coefficient (Wildman–Crippen LogP) is 2.70. The number of amides is 1. The van der Waals surface area contributed by atoms with E-state index in [4.69, 9.17) is 0 Å². The van der Waals surface area contributed by atoms with Gasteiger partial charge < -0.3 is 5.32 Å². The van der Waals surface area contributed by atoms with Gasteiger partial charge in [0.2, 0.25) is 0 Å². The van der Waals surface area contributed by atoms with E-state index in [2.05, 4.69) is 41.4 Å². The van der Waals surface area contributed by atoms with Crippen LogP contribution in [0.5, 0.6) is 0 Å². The van der Waals surface area contributed by atoms with E-state index in [9.17, 15) is 4.79 Å². The van der Waals surface area contributed by atoms with Gasteiger partial charge in [-0.2, -0.15) is 10.2 Å². The fraction of sp³-hybridized carbons (Fsp3) is 0.533. The van der Waals surface area contributed by atoms with Crippen molar-refractivity contribution in [3.05, 3.63) is 28.7 Å². The van der Waals surface area contributed by atoms with E-state index in [-0.39, 0.29) is 5.91 Å². The Morgan fingerprint density at radius 1 is 1.33 bits per heavy atom. The number of hydrogen-bond acceptors (Lipinski definition) is 3. The molecule has 0 bridgehead atoms. The summed E-state index contributed by atoms with van der Waals surface area (Å²) in [5.74, 6) is 0.473. The molecule has 0 aromatic carbocycles. The summed E-state index contributed by atoms with van der Waals surface area (Å²) in [7, 11) is 0. The molecule has 0 aliphatic heterocycles. The molecule has 21 heavy (non-hydrogen) atoms. The first-order valence-corrected chi connectivity index (χ1v) is 7.52. The van der Waals surface area contributed by atoms with Gasteiger partial charge in [0, 0.05) is 24.0 Å². The minimum Gasteiger partial charge on any atom is -0.305 e. The second-order valence-corrected chi connectivity index (χ2v) is 5.08. The second kappa shape index (κ2) is 6.56. The van der Waals surface area contributed by atoms with Crippen LogP contribution in [0.2, 0.25) is 0 Å². The van der Waals surface area contributed by atoms with E-state index in [1.807, 2.05) is 11.6 Å². The zero-order valence-electron chi connectivity index (χ0n) is 13.2. The summed E-state index contributed by atoms with van der Waals surface area (Å²) in [5.41, 5.74) is 3.49. The number of aromatic nitrogens is 4. The van der Waals surface area contributed by atoms with Crippen molar-refractivity contribution in [1.29, 1.82) is 0 Å². The van der Waals surface area contributed by atoms with Crippen LogP contribution in [0, 0.1) is 6.92 Å². The monoisotopic (exact) mass is 289 g/mol. The smallest absolute Gasteiger partial charge is 0.260 e.